The third kappa shape index (κ3) is 2.48. The predicted octanol–water partition coefficient (Wildman–Crippen LogP) is 3.93. The van der Waals surface area contributed by atoms with Crippen LogP contribution in [0.25, 0.3) is 0 Å². The van der Waals surface area contributed by atoms with Crippen LogP contribution in [0.3, 0.4) is 0 Å². The second-order valence-corrected chi connectivity index (χ2v) is 5.76. The summed E-state index contributed by atoms with van der Waals surface area (Å²) in [7, 11) is 1.99. The van der Waals surface area contributed by atoms with Crippen LogP contribution in [0.2, 0.25) is 5.02 Å². The Labute approximate surface area is 123 Å². The minimum Gasteiger partial charge on any atom is -0.349 e. The zero-order valence-electron chi connectivity index (χ0n) is 11.5. The van der Waals surface area contributed by atoms with E-state index >= 15 is 0 Å². The van der Waals surface area contributed by atoms with Crippen LogP contribution in [-0.4, -0.2) is 11.6 Å². The molecule has 2 aromatic rings. The lowest BCUT2D eigenvalue weighted by Gasteiger charge is -2.21. The van der Waals surface area contributed by atoms with Crippen LogP contribution < -0.4 is 5.32 Å². The molecule has 1 unspecified atom stereocenters. The molecular formula is C16H18ClFN2. The van der Waals surface area contributed by atoms with E-state index in [1.54, 1.807) is 18.2 Å². The molecule has 0 bridgehead atoms. The molecule has 1 aliphatic rings. The Hall–Kier alpha value is -1.32. The highest BCUT2D eigenvalue weighted by Gasteiger charge is 2.20. The maximum absolute atomic E-state index is 14.0. The SMILES string of the molecule is CNC1CCCc2cn(Cc3cccc(Cl)c3F)cc21. The Morgan fingerprint density at radius 3 is 3.05 bits per heavy atom. The molecule has 0 spiro atoms. The maximum Gasteiger partial charge on any atom is 0.146 e. The number of hydrogen-bond donors (Lipinski definition) is 1. The maximum atomic E-state index is 14.0. The van der Waals surface area contributed by atoms with E-state index in [2.05, 4.69) is 22.3 Å². The lowest BCUT2D eigenvalue weighted by Crippen LogP contribution is -2.20. The average Bonchev–Trinajstić information content (AvgIpc) is 2.86. The Balaban J connectivity index is 1.89. The summed E-state index contributed by atoms with van der Waals surface area (Å²) in [5, 5.41) is 3.54. The second-order valence-electron chi connectivity index (χ2n) is 5.36. The van der Waals surface area contributed by atoms with Crippen LogP contribution in [0.5, 0.6) is 0 Å². The minimum absolute atomic E-state index is 0.188. The third-order valence-corrected chi connectivity index (χ3v) is 4.34. The van der Waals surface area contributed by atoms with E-state index < -0.39 is 0 Å². The Morgan fingerprint density at radius 1 is 1.40 bits per heavy atom. The van der Waals surface area contributed by atoms with Gasteiger partial charge in [-0.05, 0) is 43.5 Å². The first-order chi connectivity index (χ1) is 9.69. The highest BCUT2D eigenvalue weighted by Crippen LogP contribution is 2.30. The van der Waals surface area contributed by atoms with Gasteiger partial charge in [0.2, 0.25) is 0 Å². The van der Waals surface area contributed by atoms with Gasteiger partial charge in [-0.25, -0.2) is 4.39 Å². The molecule has 0 fully saturated rings. The molecule has 1 aliphatic carbocycles. The molecule has 1 aromatic heterocycles. The quantitative estimate of drug-likeness (QED) is 0.907. The monoisotopic (exact) mass is 292 g/mol. The van der Waals surface area contributed by atoms with Crippen LogP contribution in [-0.2, 0) is 13.0 Å². The number of nitrogens with one attached hydrogen (secondary N) is 1. The first-order valence-electron chi connectivity index (χ1n) is 6.97. The van der Waals surface area contributed by atoms with Crippen molar-refractivity contribution in [3.05, 3.63) is 58.1 Å². The molecule has 4 heteroatoms. The molecule has 0 amide bonds. The lowest BCUT2D eigenvalue weighted by atomic mass is 9.91. The van der Waals surface area contributed by atoms with Gasteiger partial charge < -0.3 is 9.88 Å². The van der Waals surface area contributed by atoms with Crippen molar-refractivity contribution in [2.24, 2.45) is 0 Å². The van der Waals surface area contributed by atoms with E-state index in [1.165, 1.54) is 24.0 Å². The van der Waals surface area contributed by atoms with Crippen molar-refractivity contribution in [2.45, 2.75) is 31.8 Å². The Bertz CT molecular complexity index is 621. The summed E-state index contributed by atoms with van der Waals surface area (Å²) in [6.07, 6.45) is 7.75. The molecule has 1 aromatic carbocycles. The predicted molar refractivity (Wildman–Crippen MR) is 79.7 cm³/mol. The van der Waals surface area contributed by atoms with E-state index in [-0.39, 0.29) is 10.8 Å². The molecule has 1 atom stereocenters. The van der Waals surface area contributed by atoms with Gasteiger partial charge in [0.05, 0.1) is 5.02 Å². The minimum atomic E-state index is -0.314. The number of halogens is 2. The van der Waals surface area contributed by atoms with Crippen LogP contribution in [0.1, 0.15) is 35.6 Å². The summed E-state index contributed by atoms with van der Waals surface area (Å²) in [4.78, 5) is 0. The number of hydrogen-bond acceptors (Lipinski definition) is 1. The van der Waals surface area contributed by atoms with Crippen molar-refractivity contribution in [1.29, 1.82) is 0 Å². The van der Waals surface area contributed by atoms with Crippen molar-refractivity contribution in [3.63, 3.8) is 0 Å². The van der Waals surface area contributed by atoms with Gasteiger partial charge in [0.25, 0.3) is 0 Å². The fourth-order valence-electron chi connectivity index (χ4n) is 3.01. The van der Waals surface area contributed by atoms with Crippen molar-refractivity contribution in [3.8, 4) is 0 Å². The van der Waals surface area contributed by atoms with E-state index in [4.69, 9.17) is 11.6 Å². The van der Waals surface area contributed by atoms with Crippen molar-refractivity contribution < 1.29 is 4.39 Å². The van der Waals surface area contributed by atoms with Gasteiger partial charge in [-0.3, -0.25) is 0 Å². The molecule has 0 aliphatic heterocycles. The smallest absolute Gasteiger partial charge is 0.146 e. The lowest BCUT2D eigenvalue weighted by molar-refractivity contribution is 0.498. The van der Waals surface area contributed by atoms with Gasteiger partial charge in [-0.15, -0.1) is 0 Å². The molecule has 3 rings (SSSR count). The van der Waals surface area contributed by atoms with Gasteiger partial charge in [-0.2, -0.15) is 0 Å². The summed E-state index contributed by atoms with van der Waals surface area (Å²) in [6, 6.07) is 5.58. The van der Waals surface area contributed by atoms with Gasteiger partial charge >= 0.3 is 0 Å². The fourth-order valence-corrected chi connectivity index (χ4v) is 3.20. The number of benzene rings is 1. The summed E-state index contributed by atoms with van der Waals surface area (Å²) < 4.78 is 16.0. The molecule has 1 N–H and O–H groups in total. The van der Waals surface area contributed by atoms with Crippen LogP contribution in [0.4, 0.5) is 4.39 Å². The topological polar surface area (TPSA) is 17.0 Å². The van der Waals surface area contributed by atoms with Crippen LogP contribution in [0.15, 0.2) is 30.6 Å². The number of nitrogens with zero attached hydrogens (tertiary/aromatic N) is 1. The third-order valence-electron chi connectivity index (χ3n) is 4.04. The van der Waals surface area contributed by atoms with Crippen LogP contribution in [0, 0.1) is 5.82 Å². The van der Waals surface area contributed by atoms with E-state index in [0.717, 1.165) is 6.42 Å². The summed E-state index contributed by atoms with van der Waals surface area (Å²) >= 11 is 5.83. The summed E-state index contributed by atoms with van der Waals surface area (Å²) in [5.74, 6) is -0.314. The summed E-state index contributed by atoms with van der Waals surface area (Å²) in [6.45, 7) is 0.524. The molecule has 106 valence electrons. The zero-order chi connectivity index (χ0) is 14.1. The normalized spacial score (nSPS) is 18.1. The number of aromatic nitrogens is 1. The van der Waals surface area contributed by atoms with E-state index in [1.807, 2.05) is 7.05 Å². The number of fused-ring (bicyclic) bond motifs is 1. The van der Waals surface area contributed by atoms with Gasteiger partial charge in [0, 0.05) is 30.5 Å². The summed E-state index contributed by atoms with van der Waals surface area (Å²) in [5.41, 5.74) is 3.35. The standard InChI is InChI=1S/C16H18ClFN2/c1-19-15-7-3-4-11-8-20(10-13(11)15)9-12-5-2-6-14(17)16(12)18/h2,5-6,8,10,15,19H,3-4,7,9H2,1H3. The molecule has 2 nitrogen and oxygen atoms in total. The Kier molecular flexibility index (Phi) is 3.81. The fraction of sp³-hybridized carbons (Fsp3) is 0.375. The van der Waals surface area contributed by atoms with Crippen molar-refractivity contribution in [2.75, 3.05) is 7.05 Å². The average molecular weight is 293 g/mol. The number of rotatable bonds is 3. The van der Waals surface area contributed by atoms with E-state index in [0.29, 0.717) is 18.2 Å². The van der Waals surface area contributed by atoms with E-state index in [9.17, 15) is 4.39 Å². The first kappa shape index (κ1) is 13.7. The second kappa shape index (κ2) is 5.58. The van der Waals surface area contributed by atoms with Gasteiger partial charge in [-0.1, -0.05) is 23.7 Å². The molecule has 0 saturated heterocycles. The highest BCUT2D eigenvalue weighted by atomic mass is 35.5. The van der Waals surface area contributed by atoms with Crippen LogP contribution >= 0.6 is 11.6 Å². The first-order valence-corrected chi connectivity index (χ1v) is 7.35. The van der Waals surface area contributed by atoms with Crippen molar-refractivity contribution in [1.82, 2.24) is 9.88 Å². The molecule has 0 radical (unpaired) electrons. The largest absolute Gasteiger partial charge is 0.349 e. The molecular weight excluding hydrogens is 275 g/mol. The Morgan fingerprint density at radius 2 is 2.25 bits per heavy atom. The van der Waals surface area contributed by atoms with Crippen molar-refractivity contribution >= 4 is 11.6 Å². The molecule has 0 saturated carbocycles. The van der Waals surface area contributed by atoms with Gasteiger partial charge in [0.15, 0.2) is 0 Å². The number of aryl methyl sites for hydroxylation is 1. The molecule has 1 heterocycles. The zero-order valence-corrected chi connectivity index (χ0v) is 12.3. The highest BCUT2D eigenvalue weighted by molar-refractivity contribution is 6.30. The molecule has 20 heavy (non-hydrogen) atoms. The van der Waals surface area contributed by atoms with Gasteiger partial charge in [0.1, 0.15) is 5.82 Å².